The van der Waals surface area contributed by atoms with E-state index in [1.165, 1.54) is 5.56 Å². The number of carbonyl (C=O) groups is 1. The van der Waals surface area contributed by atoms with Gasteiger partial charge in [0.2, 0.25) is 5.91 Å². The molecule has 0 radical (unpaired) electrons. The Hall–Kier alpha value is -2.92. The lowest BCUT2D eigenvalue weighted by molar-refractivity contribution is -0.130. The van der Waals surface area contributed by atoms with Gasteiger partial charge in [0.1, 0.15) is 11.5 Å². The Balaban J connectivity index is 1.45. The van der Waals surface area contributed by atoms with E-state index in [1.807, 2.05) is 42.5 Å². The van der Waals surface area contributed by atoms with E-state index in [2.05, 4.69) is 39.6 Å². The fourth-order valence-corrected chi connectivity index (χ4v) is 4.23. The van der Waals surface area contributed by atoms with Gasteiger partial charge in [-0.3, -0.25) is 4.79 Å². The first-order valence-corrected chi connectivity index (χ1v) is 10.2. The second kappa shape index (κ2) is 8.62. The molecule has 0 bridgehead atoms. The molecular weight excluding hydrogens is 362 g/mol. The fraction of sp³-hybridized carbons (Fsp3) is 0.333. The van der Waals surface area contributed by atoms with E-state index in [0.717, 1.165) is 49.5 Å². The van der Waals surface area contributed by atoms with Crippen molar-refractivity contribution in [3.8, 4) is 11.3 Å². The molecule has 4 rings (SSSR count). The summed E-state index contributed by atoms with van der Waals surface area (Å²) in [6, 6.07) is 22.4. The molecule has 0 spiro atoms. The fourth-order valence-electron chi connectivity index (χ4n) is 4.23. The molecule has 0 aliphatic carbocycles. The number of nitrogens with one attached hydrogen (secondary N) is 1. The number of carbonyl (C=O) groups excluding carboxylic acids is 1. The number of amides is 1. The molecule has 1 amide bonds. The van der Waals surface area contributed by atoms with E-state index < -0.39 is 5.41 Å². The number of hydrogen-bond donors (Lipinski definition) is 1. The van der Waals surface area contributed by atoms with Gasteiger partial charge in [-0.15, -0.1) is 0 Å². The van der Waals surface area contributed by atoms with Gasteiger partial charge in [-0.25, -0.2) is 0 Å². The van der Waals surface area contributed by atoms with Crippen molar-refractivity contribution in [2.24, 2.45) is 5.41 Å². The summed E-state index contributed by atoms with van der Waals surface area (Å²) in [5, 5.41) is 7.09. The summed E-state index contributed by atoms with van der Waals surface area (Å²) in [4.78, 5) is 15.2. The van der Waals surface area contributed by atoms with Crippen LogP contribution in [0, 0.1) is 5.41 Å². The molecule has 1 aromatic heterocycles. The summed E-state index contributed by atoms with van der Waals surface area (Å²) in [6.07, 6.45) is 2.38. The maximum absolute atomic E-state index is 12.8. The zero-order chi connectivity index (χ0) is 20.1. The molecule has 3 aromatic rings. The summed E-state index contributed by atoms with van der Waals surface area (Å²) in [5.41, 5.74) is 2.69. The SMILES string of the molecule is CNC(=O)C1(Cc2cc(-c3ccccc3)no2)CCN(CCc2ccccc2)C1. The summed E-state index contributed by atoms with van der Waals surface area (Å²) < 4.78 is 5.62. The average molecular weight is 389 g/mol. The molecule has 5 heteroatoms. The summed E-state index contributed by atoms with van der Waals surface area (Å²) >= 11 is 0. The van der Waals surface area contributed by atoms with Crippen LogP contribution < -0.4 is 5.32 Å². The van der Waals surface area contributed by atoms with Crippen LogP contribution >= 0.6 is 0 Å². The molecule has 1 N–H and O–H groups in total. The Morgan fingerprint density at radius 2 is 1.86 bits per heavy atom. The maximum Gasteiger partial charge on any atom is 0.227 e. The van der Waals surface area contributed by atoms with Crippen molar-refractivity contribution in [1.29, 1.82) is 0 Å². The van der Waals surface area contributed by atoms with Crippen LogP contribution in [0.5, 0.6) is 0 Å². The standard InChI is InChI=1S/C24H27N3O2/c1-25-23(28)24(13-15-27(18-24)14-12-19-8-4-2-5-9-19)17-21-16-22(26-29-21)20-10-6-3-7-11-20/h2-11,16H,12-15,17-18H2,1H3,(H,25,28). The quantitative estimate of drug-likeness (QED) is 0.671. The highest BCUT2D eigenvalue weighted by molar-refractivity contribution is 5.83. The number of benzene rings is 2. The predicted octanol–water partition coefficient (Wildman–Crippen LogP) is 3.56. The van der Waals surface area contributed by atoms with Crippen molar-refractivity contribution in [2.75, 3.05) is 26.7 Å². The van der Waals surface area contributed by atoms with Gasteiger partial charge in [0, 0.05) is 38.2 Å². The lowest BCUT2D eigenvalue weighted by Gasteiger charge is -2.26. The second-order valence-electron chi connectivity index (χ2n) is 7.84. The number of likely N-dealkylation sites (tertiary alicyclic amines) is 1. The molecule has 1 unspecified atom stereocenters. The first-order valence-electron chi connectivity index (χ1n) is 10.2. The lowest BCUT2D eigenvalue weighted by Crippen LogP contribution is -2.43. The van der Waals surface area contributed by atoms with Crippen molar-refractivity contribution in [1.82, 2.24) is 15.4 Å². The van der Waals surface area contributed by atoms with Crippen molar-refractivity contribution in [2.45, 2.75) is 19.3 Å². The molecule has 150 valence electrons. The molecule has 1 atom stereocenters. The molecule has 1 saturated heterocycles. The van der Waals surface area contributed by atoms with E-state index >= 15 is 0 Å². The molecule has 2 heterocycles. The first-order chi connectivity index (χ1) is 14.2. The minimum atomic E-state index is -0.473. The second-order valence-corrected chi connectivity index (χ2v) is 7.84. The van der Waals surface area contributed by atoms with Gasteiger partial charge in [-0.2, -0.15) is 0 Å². The molecule has 5 nitrogen and oxygen atoms in total. The van der Waals surface area contributed by atoms with Crippen LogP contribution in [0.1, 0.15) is 17.7 Å². The van der Waals surface area contributed by atoms with Gasteiger partial charge in [0.25, 0.3) is 0 Å². The predicted molar refractivity (Wildman–Crippen MR) is 113 cm³/mol. The molecular formula is C24H27N3O2. The highest BCUT2D eigenvalue weighted by atomic mass is 16.5. The minimum absolute atomic E-state index is 0.0809. The van der Waals surface area contributed by atoms with Crippen molar-refractivity contribution in [3.63, 3.8) is 0 Å². The molecule has 1 fully saturated rings. The van der Waals surface area contributed by atoms with Crippen molar-refractivity contribution in [3.05, 3.63) is 78.1 Å². The lowest BCUT2D eigenvalue weighted by atomic mass is 9.81. The van der Waals surface area contributed by atoms with E-state index in [-0.39, 0.29) is 5.91 Å². The Kier molecular flexibility index (Phi) is 5.76. The van der Waals surface area contributed by atoms with Crippen molar-refractivity contribution < 1.29 is 9.32 Å². The van der Waals surface area contributed by atoms with Crippen LogP contribution in [0.15, 0.2) is 71.3 Å². The van der Waals surface area contributed by atoms with Crippen molar-refractivity contribution >= 4 is 5.91 Å². The average Bonchev–Trinajstić information content (AvgIpc) is 3.41. The number of hydrogen-bond acceptors (Lipinski definition) is 4. The van der Waals surface area contributed by atoms with E-state index in [0.29, 0.717) is 6.42 Å². The Morgan fingerprint density at radius 3 is 2.59 bits per heavy atom. The van der Waals surface area contributed by atoms with Crippen LogP contribution in [0.25, 0.3) is 11.3 Å². The third-order valence-corrected chi connectivity index (χ3v) is 5.84. The van der Waals surface area contributed by atoms with Gasteiger partial charge < -0.3 is 14.7 Å². The summed E-state index contributed by atoms with van der Waals surface area (Å²) in [6.45, 7) is 2.61. The third kappa shape index (κ3) is 4.40. The van der Waals surface area contributed by atoms with Gasteiger partial charge in [-0.05, 0) is 24.9 Å². The van der Waals surface area contributed by atoms with Crippen LogP contribution in [0.4, 0.5) is 0 Å². The normalized spacial score (nSPS) is 19.3. The first kappa shape index (κ1) is 19.4. The molecule has 1 aliphatic heterocycles. The smallest absolute Gasteiger partial charge is 0.227 e. The van der Waals surface area contributed by atoms with Gasteiger partial charge in [0.15, 0.2) is 0 Å². The van der Waals surface area contributed by atoms with Crippen LogP contribution in [0.3, 0.4) is 0 Å². The molecule has 1 aliphatic rings. The monoisotopic (exact) mass is 389 g/mol. The minimum Gasteiger partial charge on any atom is -0.361 e. The zero-order valence-electron chi connectivity index (χ0n) is 16.8. The van der Waals surface area contributed by atoms with Gasteiger partial charge in [-0.1, -0.05) is 65.8 Å². The number of nitrogens with zero attached hydrogens (tertiary/aromatic N) is 2. The topological polar surface area (TPSA) is 58.4 Å². The maximum atomic E-state index is 12.8. The zero-order valence-corrected chi connectivity index (χ0v) is 16.8. The summed E-state index contributed by atoms with van der Waals surface area (Å²) in [7, 11) is 1.71. The highest BCUT2D eigenvalue weighted by Crippen LogP contribution is 2.35. The number of aromatic nitrogens is 1. The van der Waals surface area contributed by atoms with Crippen LogP contribution in [-0.4, -0.2) is 42.6 Å². The summed E-state index contributed by atoms with van der Waals surface area (Å²) in [5.74, 6) is 0.842. The highest BCUT2D eigenvalue weighted by Gasteiger charge is 2.44. The Labute approximate surface area is 171 Å². The van der Waals surface area contributed by atoms with Crippen LogP contribution in [-0.2, 0) is 17.6 Å². The van der Waals surface area contributed by atoms with E-state index in [1.54, 1.807) is 7.05 Å². The third-order valence-electron chi connectivity index (χ3n) is 5.84. The number of rotatable bonds is 7. The Bertz CT molecular complexity index is 939. The molecule has 0 saturated carbocycles. The van der Waals surface area contributed by atoms with Gasteiger partial charge in [0.05, 0.1) is 5.41 Å². The van der Waals surface area contributed by atoms with Crippen LogP contribution in [0.2, 0.25) is 0 Å². The molecule has 2 aromatic carbocycles. The Morgan fingerprint density at radius 1 is 1.14 bits per heavy atom. The van der Waals surface area contributed by atoms with Gasteiger partial charge >= 0.3 is 0 Å². The largest absolute Gasteiger partial charge is 0.361 e. The van der Waals surface area contributed by atoms with E-state index in [9.17, 15) is 4.79 Å². The molecule has 29 heavy (non-hydrogen) atoms. The van der Waals surface area contributed by atoms with E-state index in [4.69, 9.17) is 4.52 Å².